The van der Waals surface area contributed by atoms with Gasteiger partial charge in [0.25, 0.3) is 0 Å². The summed E-state index contributed by atoms with van der Waals surface area (Å²) < 4.78 is 5.51. The lowest BCUT2D eigenvalue weighted by Crippen LogP contribution is -2.23. The second kappa shape index (κ2) is 7.99. The molecule has 2 aromatic heterocycles. The third-order valence-electron chi connectivity index (χ3n) is 10.4. The maximum Gasteiger partial charge on any atom is 0.0529 e. The maximum absolute atomic E-state index is 2.75. The van der Waals surface area contributed by atoms with Crippen molar-refractivity contribution < 1.29 is 0 Å². The zero-order valence-electron chi connectivity index (χ0n) is 21.9. The molecule has 9 rings (SSSR count). The summed E-state index contributed by atoms with van der Waals surface area (Å²) in [4.78, 5) is 0. The lowest BCUT2D eigenvalue weighted by molar-refractivity contribution is 0.317. The quantitative estimate of drug-likeness (QED) is 0.199. The highest BCUT2D eigenvalue weighted by atomic mass is 15.0. The number of rotatable bonds is 0. The second-order valence-corrected chi connectivity index (χ2v) is 12.3. The van der Waals surface area contributed by atoms with E-state index in [0.717, 1.165) is 0 Å². The van der Waals surface area contributed by atoms with E-state index in [4.69, 9.17) is 0 Å². The van der Waals surface area contributed by atoms with Crippen LogP contribution in [0.1, 0.15) is 86.4 Å². The van der Waals surface area contributed by atoms with Crippen LogP contribution in [0.5, 0.6) is 0 Å². The Morgan fingerprint density at radius 2 is 0.895 bits per heavy atom. The molecule has 188 valence electrons. The predicted octanol–water partition coefficient (Wildman–Crippen LogP) is 10.0. The molecule has 2 heteroatoms. The highest BCUT2D eigenvalue weighted by Crippen LogP contribution is 2.50. The van der Waals surface area contributed by atoms with Gasteiger partial charge in [0.1, 0.15) is 0 Å². The Balaban J connectivity index is 1.19. The average molecular weight is 495 g/mol. The summed E-state index contributed by atoms with van der Waals surface area (Å²) in [5.41, 5.74) is 9.17. The van der Waals surface area contributed by atoms with Gasteiger partial charge in [-0.1, -0.05) is 85.6 Å². The van der Waals surface area contributed by atoms with Crippen molar-refractivity contribution in [2.75, 3.05) is 0 Å². The molecule has 4 heterocycles. The third-order valence-corrected chi connectivity index (χ3v) is 10.4. The highest BCUT2D eigenvalue weighted by Gasteiger charge is 2.34. The van der Waals surface area contributed by atoms with Gasteiger partial charge in [0, 0.05) is 44.7 Å². The van der Waals surface area contributed by atoms with Gasteiger partial charge >= 0.3 is 0 Å². The molecule has 4 unspecified atom stereocenters. The molecule has 2 nitrogen and oxygen atoms in total. The zero-order chi connectivity index (χ0) is 24.8. The smallest absolute Gasteiger partial charge is 0.0529 e. The van der Waals surface area contributed by atoms with Crippen LogP contribution in [-0.2, 0) is 0 Å². The Bertz CT molecular complexity index is 1730. The van der Waals surface area contributed by atoms with E-state index in [1.807, 2.05) is 0 Å². The first-order valence-corrected chi connectivity index (χ1v) is 14.9. The fourth-order valence-electron chi connectivity index (χ4n) is 8.94. The standard InChI is InChI=1S/C36H34N2/c1-3-19-33-29(13-1)31-17-7-15-27-23-9-6-12-26-22-24(10-5-11-25(21-23)37(33)35(27)31)28-16-8-18-32-30-14-2-4-20-34(30)38(26)36(28)32/h1-4,7-8,13-20,23-26H,5-6,9-12,21-22H2. The van der Waals surface area contributed by atoms with Crippen LogP contribution >= 0.6 is 0 Å². The largest absolute Gasteiger partial charge is 0.337 e. The topological polar surface area (TPSA) is 9.86 Å². The Morgan fingerprint density at radius 1 is 0.447 bits per heavy atom. The van der Waals surface area contributed by atoms with Gasteiger partial charge in [0.2, 0.25) is 0 Å². The van der Waals surface area contributed by atoms with Gasteiger partial charge in [-0.2, -0.15) is 0 Å². The molecule has 1 fully saturated rings. The van der Waals surface area contributed by atoms with Crippen LogP contribution in [0, 0.1) is 0 Å². The van der Waals surface area contributed by atoms with E-state index in [-0.39, 0.29) is 0 Å². The van der Waals surface area contributed by atoms with Crippen LogP contribution in [0.3, 0.4) is 0 Å². The molecule has 4 aromatic carbocycles. The Labute approximate surface area is 223 Å². The average Bonchev–Trinajstić information content (AvgIpc) is 3.48. The minimum Gasteiger partial charge on any atom is -0.337 e. The summed E-state index contributed by atoms with van der Waals surface area (Å²) in [5.74, 6) is 1.35. The molecule has 2 aliphatic heterocycles. The second-order valence-electron chi connectivity index (χ2n) is 12.3. The van der Waals surface area contributed by atoms with Crippen LogP contribution in [0.4, 0.5) is 0 Å². The number of aromatic nitrogens is 2. The van der Waals surface area contributed by atoms with Crippen LogP contribution in [0.25, 0.3) is 43.6 Å². The number of hydrogen-bond donors (Lipinski definition) is 0. The molecule has 0 saturated heterocycles. The van der Waals surface area contributed by atoms with Gasteiger partial charge < -0.3 is 9.13 Å². The van der Waals surface area contributed by atoms with E-state index in [0.29, 0.717) is 23.9 Å². The van der Waals surface area contributed by atoms with E-state index < -0.39 is 0 Å². The molecule has 0 amide bonds. The van der Waals surface area contributed by atoms with Gasteiger partial charge in [0.15, 0.2) is 0 Å². The van der Waals surface area contributed by atoms with Crippen molar-refractivity contribution in [3.05, 3.63) is 96.1 Å². The first-order chi connectivity index (χ1) is 18.9. The number of para-hydroxylation sites is 4. The molecule has 4 bridgehead atoms. The minimum absolute atomic E-state index is 0.610. The van der Waals surface area contributed by atoms with Gasteiger partial charge in [-0.25, -0.2) is 0 Å². The fraction of sp³-hybridized carbons (Fsp3) is 0.333. The number of nitrogens with zero attached hydrogens (tertiary/aromatic N) is 2. The predicted molar refractivity (Wildman–Crippen MR) is 159 cm³/mol. The number of fused-ring (bicyclic) bond motifs is 14. The van der Waals surface area contributed by atoms with Gasteiger partial charge in [-0.3, -0.25) is 0 Å². The Hall–Kier alpha value is -3.52. The molecule has 0 N–H and O–H groups in total. The van der Waals surface area contributed by atoms with E-state index >= 15 is 0 Å². The van der Waals surface area contributed by atoms with Crippen LogP contribution in [0.2, 0.25) is 0 Å². The van der Waals surface area contributed by atoms with Gasteiger partial charge in [0.05, 0.1) is 11.0 Å². The molecule has 3 aliphatic rings. The van der Waals surface area contributed by atoms with E-state index in [2.05, 4.69) is 94.1 Å². The summed E-state index contributed by atoms with van der Waals surface area (Å²) in [7, 11) is 0. The molecule has 4 atom stereocenters. The van der Waals surface area contributed by atoms with Crippen molar-refractivity contribution in [1.29, 1.82) is 0 Å². The lowest BCUT2D eigenvalue weighted by atomic mass is 9.78. The van der Waals surface area contributed by atoms with Crippen molar-refractivity contribution in [1.82, 2.24) is 9.13 Å². The molecule has 1 saturated carbocycles. The molecule has 6 aromatic rings. The summed E-state index contributed by atoms with van der Waals surface area (Å²) in [6.45, 7) is 0. The monoisotopic (exact) mass is 494 g/mol. The van der Waals surface area contributed by atoms with Crippen molar-refractivity contribution in [2.45, 2.75) is 75.3 Å². The Morgan fingerprint density at radius 3 is 1.39 bits per heavy atom. The van der Waals surface area contributed by atoms with E-state index in [1.165, 1.54) is 95.0 Å². The molecular weight excluding hydrogens is 460 g/mol. The van der Waals surface area contributed by atoms with Gasteiger partial charge in [-0.05, 0) is 73.6 Å². The molecule has 0 radical (unpaired) electrons. The van der Waals surface area contributed by atoms with E-state index in [9.17, 15) is 0 Å². The third kappa shape index (κ3) is 2.84. The number of hydrogen-bond acceptors (Lipinski definition) is 0. The van der Waals surface area contributed by atoms with Crippen molar-refractivity contribution in [2.24, 2.45) is 0 Å². The highest BCUT2D eigenvalue weighted by molar-refractivity contribution is 6.10. The van der Waals surface area contributed by atoms with Crippen molar-refractivity contribution in [3.8, 4) is 0 Å². The van der Waals surface area contributed by atoms with Crippen molar-refractivity contribution in [3.63, 3.8) is 0 Å². The normalized spacial score (nSPS) is 25.1. The molecule has 0 spiro atoms. The summed E-state index contributed by atoms with van der Waals surface area (Å²) >= 11 is 0. The molecule has 38 heavy (non-hydrogen) atoms. The first kappa shape index (κ1) is 21.4. The minimum atomic E-state index is 0.610. The SMILES string of the molecule is c1ccc2c(c1)c1cccc3c1n2C1CCCC2CC(CCCC3C1)n1c3ccccc3c3cccc2c31. The first-order valence-electron chi connectivity index (χ1n) is 14.9. The van der Waals surface area contributed by atoms with Crippen LogP contribution in [0.15, 0.2) is 84.9 Å². The lowest BCUT2D eigenvalue weighted by Gasteiger charge is -2.36. The molecule has 1 aliphatic carbocycles. The van der Waals surface area contributed by atoms with Crippen molar-refractivity contribution >= 4 is 43.6 Å². The van der Waals surface area contributed by atoms with Crippen LogP contribution < -0.4 is 0 Å². The number of benzene rings is 4. The fourth-order valence-corrected chi connectivity index (χ4v) is 8.94. The zero-order valence-corrected chi connectivity index (χ0v) is 21.9. The Kier molecular flexibility index (Phi) is 4.50. The summed E-state index contributed by atoms with van der Waals surface area (Å²) in [6.07, 6.45) is 10.4. The van der Waals surface area contributed by atoms with Gasteiger partial charge in [-0.15, -0.1) is 0 Å². The molecular formula is C36H34N2. The summed E-state index contributed by atoms with van der Waals surface area (Å²) in [5, 5.41) is 5.81. The maximum atomic E-state index is 2.75. The summed E-state index contributed by atoms with van der Waals surface area (Å²) in [6, 6.07) is 33.8. The van der Waals surface area contributed by atoms with Crippen LogP contribution in [-0.4, -0.2) is 9.13 Å². The van der Waals surface area contributed by atoms with E-state index in [1.54, 1.807) is 11.1 Å².